The summed E-state index contributed by atoms with van der Waals surface area (Å²) < 4.78 is 5.83. The molecule has 0 aromatic heterocycles. The molecule has 1 fully saturated rings. The average molecular weight is 268 g/mol. The summed E-state index contributed by atoms with van der Waals surface area (Å²) in [4.78, 5) is 12.2. The van der Waals surface area contributed by atoms with Crippen molar-refractivity contribution in [2.24, 2.45) is 17.3 Å². The maximum Gasteiger partial charge on any atom is 0.311 e. The van der Waals surface area contributed by atoms with Gasteiger partial charge in [-0.2, -0.15) is 0 Å². The van der Waals surface area contributed by atoms with Crippen molar-refractivity contribution >= 4 is 5.97 Å². The van der Waals surface area contributed by atoms with Crippen LogP contribution in [-0.4, -0.2) is 12.1 Å². The van der Waals surface area contributed by atoms with Gasteiger partial charge in [0.15, 0.2) is 0 Å². The second kappa shape index (κ2) is 7.31. The van der Waals surface area contributed by atoms with Crippen molar-refractivity contribution in [2.75, 3.05) is 0 Å². The molecule has 0 amide bonds. The Labute approximate surface area is 119 Å². The van der Waals surface area contributed by atoms with Crippen LogP contribution >= 0.6 is 0 Å². The fourth-order valence-electron chi connectivity index (χ4n) is 2.65. The summed E-state index contributed by atoms with van der Waals surface area (Å²) in [5.41, 5.74) is -0.348. The lowest BCUT2D eigenvalue weighted by atomic mass is 9.83. The van der Waals surface area contributed by atoms with E-state index >= 15 is 0 Å². The number of ether oxygens (including phenoxy) is 1. The van der Waals surface area contributed by atoms with Crippen LogP contribution in [0.15, 0.2) is 0 Å². The van der Waals surface area contributed by atoms with E-state index in [9.17, 15) is 4.79 Å². The average Bonchev–Trinajstić information content (AvgIpc) is 2.38. The van der Waals surface area contributed by atoms with Gasteiger partial charge in [0.2, 0.25) is 0 Å². The van der Waals surface area contributed by atoms with E-state index in [2.05, 4.69) is 13.8 Å². The summed E-state index contributed by atoms with van der Waals surface area (Å²) in [6.07, 6.45) is 8.71. The van der Waals surface area contributed by atoms with Crippen molar-refractivity contribution in [3.05, 3.63) is 0 Å². The van der Waals surface area contributed by atoms with Crippen LogP contribution in [0.4, 0.5) is 0 Å². The molecule has 112 valence electrons. The third kappa shape index (κ3) is 5.16. The fraction of sp³-hybridized carbons (Fsp3) is 0.941. The molecule has 1 saturated carbocycles. The molecule has 1 unspecified atom stereocenters. The first-order chi connectivity index (χ1) is 8.86. The van der Waals surface area contributed by atoms with Crippen LogP contribution in [0.2, 0.25) is 0 Å². The van der Waals surface area contributed by atoms with Gasteiger partial charge in [0.25, 0.3) is 0 Å². The molecule has 0 aromatic carbocycles. The molecule has 1 aliphatic rings. The Morgan fingerprint density at radius 3 is 2.26 bits per heavy atom. The van der Waals surface area contributed by atoms with E-state index in [0.717, 1.165) is 18.8 Å². The molecule has 0 spiro atoms. The van der Waals surface area contributed by atoms with E-state index in [1.165, 1.54) is 32.1 Å². The molecule has 0 bridgehead atoms. The third-order valence-corrected chi connectivity index (χ3v) is 4.73. The van der Waals surface area contributed by atoms with E-state index in [-0.39, 0.29) is 17.5 Å². The first kappa shape index (κ1) is 16.5. The quantitative estimate of drug-likeness (QED) is 0.636. The monoisotopic (exact) mass is 268 g/mol. The SMILES string of the molecule is CCC(C)(C)C(=O)OC(CC1CCCCC1)C(C)C. The largest absolute Gasteiger partial charge is 0.462 e. The minimum Gasteiger partial charge on any atom is -0.462 e. The Balaban J connectivity index is 2.55. The van der Waals surface area contributed by atoms with Crippen LogP contribution in [0.5, 0.6) is 0 Å². The van der Waals surface area contributed by atoms with Crippen molar-refractivity contribution in [1.82, 2.24) is 0 Å². The third-order valence-electron chi connectivity index (χ3n) is 4.73. The molecular formula is C17H32O2. The zero-order chi connectivity index (χ0) is 14.5. The molecule has 0 N–H and O–H groups in total. The van der Waals surface area contributed by atoms with Crippen molar-refractivity contribution in [1.29, 1.82) is 0 Å². The van der Waals surface area contributed by atoms with Crippen molar-refractivity contribution in [3.63, 3.8) is 0 Å². The molecule has 2 heteroatoms. The molecule has 2 nitrogen and oxygen atoms in total. The van der Waals surface area contributed by atoms with E-state index in [0.29, 0.717) is 5.92 Å². The van der Waals surface area contributed by atoms with E-state index < -0.39 is 0 Å². The van der Waals surface area contributed by atoms with Gasteiger partial charge in [-0.05, 0) is 38.5 Å². The summed E-state index contributed by atoms with van der Waals surface area (Å²) in [6, 6.07) is 0. The molecule has 1 rings (SSSR count). The van der Waals surface area contributed by atoms with Gasteiger partial charge in [0.1, 0.15) is 6.10 Å². The number of rotatable bonds is 6. The number of hydrogen-bond donors (Lipinski definition) is 0. The Morgan fingerprint density at radius 1 is 1.21 bits per heavy atom. The van der Waals surface area contributed by atoms with Crippen LogP contribution in [0, 0.1) is 17.3 Å². The highest BCUT2D eigenvalue weighted by Crippen LogP contribution is 2.31. The van der Waals surface area contributed by atoms with Gasteiger partial charge in [-0.15, -0.1) is 0 Å². The molecule has 1 atom stereocenters. The van der Waals surface area contributed by atoms with Gasteiger partial charge in [-0.25, -0.2) is 0 Å². The standard InChI is InChI=1S/C17H32O2/c1-6-17(4,5)16(18)19-15(13(2)3)12-14-10-8-7-9-11-14/h13-15H,6-12H2,1-5H3. The van der Waals surface area contributed by atoms with Crippen LogP contribution in [0.3, 0.4) is 0 Å². The number of hydrogen-bond acceptors (Lipinski definition) is 2. The minimum absolute atomic E-state index is 0.0236. The molecule has 0 saturated heterocycles. The molecule has 0 aliphatic heterocycles. The molecule has 0 aromatic rings. The van der Waals surface area contributed by atoms with Gasteiger partial charge < -0.3 is 4.74 Å². The highest BCUT2D eigenvalue weighted by atomic mass is 16.5. The first-order valence-corrected chi connectivity index (χ1v) is 8.08. The van der Waals surface area contributed by atoms with Crippen molar-refractivity contribution in [3.8, 4) is 0 Å². The Bertz CT molecular complexity index is 275. The molecule has 0 heterocycles. The number of carbonyl (C=O) groups excluding carboxylic acids is 1. The maximum atomic E-state index is 12.2. The summed E-state index contributed by atoms with van der Waals surface area (Å²) >= 11 is 0. The highest BCUT2D eigenvalue weighted by molar-refractivity contribution is 5.76. The summed E-state index contributed by atoms with van der Waals surface area (Å²) in [5.74, 6) is 1.15. The fourth-order valence-corrected chi connectivity index (χ4v) is 2.65. The molecular weight excluding hydrogens is 236 g/mol. The lowest BCUT2D eigenvalue weighted by Gasteiger charge is -2.31. The summed E-state index contributed by atoms with van der Waals surface area (Å²) in [7, 11) is 0. The number of esters is 1. The lowest BCUT2D eigenvalue weighted by molar-refractivity contribution is -0.163. The smallest absolute Gasteiger partial charge is 0.311 e. The zero-order valence-corrected chi connectivity index (χ0v) is 13.5. The van der Waals surface area contributed by atoms with Crippen LogP contribution in [0.25, 0.3) is 0 Å². The lowest BCUT2D eigenvalue weighted by Crippen LogP contribution is -2.34. The van der Waals surface area contributed by atoms with Crippen molar-refractivity contribution in [2.45, 2.75) is 85.7 Å². The van der Waals surface area contributed by atoms with Crippen LogP contribution in [0.1, 0.15) is 79.6 Å². The summed E-state index contributed by atoms with van der Waals surface area (Å²) in [5, 5.41) is 0. The predicted octanol–water partition coefficient (Wildman–Crippen LogP) is 4.96. The summed E-state index contributed by atoms with van der Waals surface area (Å²) in [6.45, 7) is 10.3. The van der Waals surface area contributed by atoms with E-state index in [1.54, 1.807) is 0 Å². The van der Waals surface area contributed by atoms with Gasteiger partial charge in [0, 0.05) is 0 Å². The second-order valence-corrected chi connectivity index (χ2v) is 7.16. The van der Waals surface area contributed by atoms with Gasteiger partial charge in [-0.3, -0.25) is 4.79 Å². The minimum atomic E-state index is -0.348. The van der Waals surface area contributed by atoms with Crippen LogP contribution in [-0.2, 0) is 9.53 Å². The zero-order valence-electron chi connectivity index (χ0n) is 13.5. The van der Waals surface area contributed by atoms with E-state index in [1.807, 2.05) is 20.8 Å². The van der Waals surface area contributed by atoms with Crippen LogP contribution < -0.4 is 0 Å². The van der Waals surface area contributed by atoms with Crippen molar-refractivity contribution < 1.29 is 9.53 Å². The van der Waals surface area contributed by atoms with Gasteiger partial charge in [0.05, 0.1) is 5.41 Å². The maximum absolute atomic E-state index is 12.2. The second-order valence-electron chi connectivity index (χ2n) is 7.16. The Morgan fingerprint density at radius 2 is 1.79 bits per heavy atom. The number of carbonyl (C=O) groups is 1. The van der Waals surface area contributed by atoms with E-state index in [4.69, 9.17) is 4.74 Å². The Hall–Kier alpha value is -0.530. The molecule has 19 heavy (non-hydrogen) atoms. The first-order valence-electron chi connectivity index (χ1n) is 8.08. The molecule has 1 aliphatic carbocycles. The van der Waals surface area contributed by atoms with Gasteiger partial charge in [-0.1, -0.05) is 52.9 Å². The Kier molecular flexibility index (Phi) is 6.35. The molecule has 0 radical (unpaired) electrons. The topological polar surface area (TPSA) is 26.3 Å². The van der Waals surface area contributed by atoms with Gasteiger partial charge >= 0.3 is 5.97 Å². The highest BCUT2D eigenvalue weighted by Gasteiger charge is 2.31. The predicted molar refractivity (Wildman–Crippen MR) is 80.0 cm³/mol. The normalized spacial score (nSPS) is 19.5.